The lowest BCUT2D eigenvalue weighted by atomic mass is 9.89. The number of hydrogen-bond acceptors (Lipinski definition) is 0. The van der Waals surface area contributed by atoms with E-state index in [0.717, 1.165) is 0 Å². The van der Waals surface area contributed by atoms with Crippen LogP contribution < -0.4 is 5.46 Å². The smallest absolute Gasteiger partial charge is 0.170 e. The average molecular weight is 620 g/mol. The fourth-order valence-corrected chi connectivity index (χ4v) is 4.06. The Labute approximate surface area is 223 Å². The molecule has 17 heteroatoms. The molecule has 220 valence electrons. The summed E-state index contributed by atoms with van der Waals surface area (Å²) in [5.41, 5.74) is -17.7. The summed E-state index contributed by atoms with van der Waals surface area (Å²) in [6.45, 7) is 0.465. The Morgan fingerprint density at radius 2 is 0.405 bits per heavy atom. The molecule has 0 nitrogen and oxygen atoms in total. The van der Waals surface area contributed by atoms with Crippen molar-refractivity contribution in [1.82, 2.24) is 0 Å². The van der Waals surface area contributed by atoms with Crippen molar-refractivity contribution in [1.29, 1.82) is 0 Å². The van der Waals surface area contributed by atoms with Crippen LogP contribution in [0.15, 0.2) is 0 Å². The third-order valence-corrected chi connectivity index (χ3v) is 6.24. The molecule has 0 saturated carbocycles. The molecule has 4 rings (SSSR count). The fourth-order valence-electron chi connectivity index (χ4n) is 4.06. The molecule has 42 heavy (non-hydrogen) atoms. The van der Waals surface area contributed by atoms with Crippen molar-refractivity contribution in [2.24, 2.45) is 0 Å². The van der Waals surface area contributed by atoms with Gasteiger partial charge >= 0.3 is 0 Å². The molecule has 0 bridgehead atoms. The maximum atomic E-state index is 14.9. The molecule has 4 aromatic carbocycles. The third-order valence-electron chi connectivity index (χ3n) is 6.24. The van der Waals surface area contributed by atoms with Crippen molar-refractivity contribution in [3.63, 3.8) is 0 Å². The molecule has 0 saturated heterocycles. The zero-order valence-electron chi connectivity index (χ0n) is 20.0. The van der Waals surface area contributed by atoms with Gasteiger partial charge in [-0.15, -0.1) is 0 Å². The van der Waals surface area contributed by atoms with E-state index in [-0.39, 0.29) is 0 Å². The molecule has 0 radical (unpaired) electrons. The lowest BCUT2D eigenvalue weighted by Crippen LogP contribution is -2.20. The van der Waals surface area contributed by atoms with Crippen molar-refractivity contribution in [3.8, 4) is 33.4 Å². The van der Waals surface area contributed by atoms with Gasteiger partial charge in [-0.05, 0) is 12.4 Å². The van der Waals surface area contributed by atoms with E-state index in [9.17, 15) is 70.2 Å². The first-order valence-electron chi connectivity index (χ1n) is 10.8. The minimum atomic E-state index is -3.03. The Hall–Kier alpha value is -4.18. The molecule has 4 aromatic rings. The minimum Gasteiger partial charge on any atom is -0.204 e. The van der Waals surface area contributed by atoms with Gasteiger partial charge < -0.3 is 0 Å². The van der Waals surface area contributed by atoms with E-state index < -0.39 is 137 Å². The summed E-state index contributed by atoms with van der Waals surface area (Å²) in [6, 6.07) is 0. The molecule has 0 aromatic heterocycles. The number of hydrogen-bond donors (Lipinski definition) is 0. The second kappa shape index (κ2) is 10.3. The quantitative estimate of drug-likeness (QED) is 0.127. The molecule has 0 aliphatic heterocycles. The van der Waals surface area contributed by atoms with E-state index >= 15 is 0 Å². The van der Waals surface area contributed by atoms with Crippen LogP contribution >= 0.6 is 0 Å². The van der Waals surface area contributed by atoms with Crippen LogP contribution in [0.2, 0.25) is 0 Å². The monoisotopic (exact) mass is 620 g/mol. The van der Waals surface area contributed by atoms with Crippen molar-refractivity contribution < 1.29 is 70.2 Å². The Bertz CT molecular complexity index is 1610. The van der Waals surface area contributed by atoms with Gasteiger partial charge in [-0.2, -0.15) is 0 Å². The van der Waals surface area contributed by atoms with Gasteiger partial charge in [-0.3, -0.25) is 0 Å². The minimum absolute atomic E-state index is 0.465. The zero-order valence-corrected chi connectivity index (χ0v) is 20.0. The largest absolute Gasteiger partial charge is 0.204 e. The third kappa shape index (κ3) is 4.03. The van der Waals surface area contributed by atoms with Gasteiger partial charge in [-0.25, -0.2) is 70.2 Å². The van der Waals surface area contributed by atoms with Gasteiger partial charge in [0.05, 0.1) is 33.4 Å². The normalized spacial score (nSPS) is 11.5. The molecular formula is C25H5BF16. The van der Waals surface area contributed by atoms with Crippen molar-refractivity contribution in [3.05, 3.63) is 98.6 Å². The predicted molar refractivity (Wildman–Crippen MR) is 115 cm³/mol. The predicted octanol–water partition coefficient (Wildman–Crippen LogP) is 7.48. The summed E-state index contributed by atoms with van der Waals surface area (Å²) in [5, 5.41) is 0. The molecule has 0 atom stereocenters. The van der Waals surface area contributed by atoms with Gasteiger partial charge in [0, 0.05) is 5.56 Å². The van der Waals surface area contributed by atoms with Gasteiger partial charge in [0.15, 0.2) is 93.1 Å². The highest BCUT2D eigenvalue weighted by molar-refractivity contribution is 6.32. The van der Waals surface area contributed by atoms with E-state index in [2.05, 4.69) is 0 Å². The average Bonchev–Trinajstić information content (AvgIpc) is 2.96. The summed E-state index contributed by atoms with van der Waals surface area (Å²) in [5.74, 6) is -43.4. The Balaban J connectivity index is 2.11. The highest BCUT2D eigenvalue weighted by atomic mass is 19.2. The highest BCUT2D eigenvalue weighted by Gasteiger charge is 2.39. The van der Waals surface area contributed by atoms with Crippen LogP contribution in [-0.2, 0) is 0 Å². The van der Waals surface area contributed by atoms with E-state index in [1.807, 2.05) is 0 Å². The second-order valence-electron chi connectivity index (χ2n) is 8.52. The van der Waals surface area contributed by atoms with Crippen LogP contribution in [0.25, 0.3) is 33.4 Å². The van der Waals surface area contributed by atoms with E-state index in [4.69, 9.17) is 0 Å². The Morgan fingerprint density at radius 3 is 0.595 bits per heavy atom. The number of benzene rings is 4. The zero-order chi connectivity index (χ0) is 31.9. The summed E-state index contributed by atoms with van der Waals surface area (Å²) < 4.78 is 232. The van der Waals surface area contributed by atoms with Crippen LogP contribution in [0.4, 0.5) is 70.2 Å². The van der Waals surface area contributed by atoms with Crippen molar-refractivity contribution in [2.75, 3.05) is 0 Å². The molecule has 0 amide bonds. The highest BCUT2D eigenvalue weighted by Crippen LogP contribution is 2.44. The first kappa shape index (κ1) is 30.8. The lowest BCUT2D eigenvalue weighted by Gasteiger charge is -2.18. The Morgan fingerprint density at radius 1 is 0.262 bits per heavy atom. The summed E-state index contributed by atoms with van der Waals surface area (Å²) in [7, 11) is 0.465. The van der Waals surface area contributed by atoms with Crippen molar-refractivity contribution >= 4 is 13.3 Å². The van der Waals surface area contributed by atoms with Crippen LogP contribution in [0.3, 0.4) is 0 Å². The fraction of sp³-hybridized carbons (Fsp3) is 0.0400. The number of rotatable bonds is 3. The molecule has 0 fully saturated rings. The van der Waals surface area contributed by atoms with Crippen LogP contribution in [-0.4, -0.2) is 7.85 Å². The molecule has 0 heterocycles. The first-order valence-corrected chi connectivity index (χ1v) is 10.8. The van der Waals surface area contributed by atoms with Crippen molar-refractivity contribution in [2.45, 2.75) is 6.92 Å². The molecular weight excluding hydrogens is 615 g/mol. The van der Waals surface area contributed by atoms with E-state index in [1.165, 1.54) is 0 Å². The summed E-state index contributed by atoms with van der Waals surface area (Å²) in [4.78, 5) is 0. The van der Waals surface area contributed by atoms with Gasteiger partial charge in [0.2, 0.25) is 0 Å². The standard InChI is InChI=1S/C25H5BF16/c1-2-10(27)12(29)3(13(30)11(2)28)4-14(31)16(33)5(17(34)15(4)32)6-18(35)20(37)7(21(38)19(6)36)8-22(39)24(41)9(26)25(42)23(8)40/h26H2,1H3. The lowest BCUT2D eigenvalue weighted by molar-refractivity contribution is 0.433. The maximum absolute atomic E-state index is 14.9. The SMILES string of the molecule is Bc1c(F)c(F)c(-c2c(F)c(F)c(-c3c(F)c(F)c(-c4c(F)c(F)c(C)c(F)c4F)c(F)c3F)c(F)c2F)c(F)c1F. The van der Waals surface area contributed by atoms with Crippen LogP contribution in [0.1, 0.15) is 5.56 Å². The molecule has 0 N–H and O–H groups in total. The molecule has 0 aliphatic carbocycles. The Kier molecular flexibility index (Phi) is 7.53. The van der Waals surface area contributed by atoms with Gasteiger partial charge in [0.1, 0.15) is 7.85 Å². The summed E-state index contributed by atoms with van der Waals surface area (Å²) in [6.07, 6.45) is 0. The van der Waals surface area contributed by atoms with Crippen LogP contribution in [0, 0.1) is 100.0 Å². The first-order chi connectivity index (χ1) is 19.4. The topological polar surface area (TPSA) is 0 Å². The molecule has 0 aliphatic rings. The van der Waals surface area contributed by atoms with E-state index in [0.29, 0.717) is 14.8 Å². The van der Waals surface area contributed by atoms with Crippen LogP contribution in [0.5, 0.6) is 0 Å². The molecule has 0 unspecified atom stereocenters. The number of halogens is 16. The second-order valence-corrected chi connectivity index (χ2v) is 8.52. The van der Waals surface area contributed by atoms with Gasteiger partial charge in [-0.1, -0.05) is 0 Å². The molecule has 0 spiro atoms. The van der Waals surface area contributed by atoms with Gasteiger partial charge in [0.25, 0.3) is 0 Å². The van der Waals surface area contributed by atoms with E-state index in [1.54, 1.807) is 0 Å². The maximum Gasteiger partial charge on any atom is 0.170 e. The summed E-state index contributed by atoms with van der Waals surface area (Å²) >= 11 is 0.